The number of carboxylic acid groups (broad SMARTS) is 1. The quantitative estimate of drug-likeness (QED) is 0.634. The third kappa shape index (κ3) is 4.57. The van der Waals surface area contributed by atoms with E-state index in [1.54, 1.807) is 6.92 Å². The van der Waals surface area contributed by atoms with E-state index >= 15 is 0 Å². The second-order valence-corrected chi connectivity index (χ2v) is 4.61. The monoisotopic (exact) mass is 342 g/mol. The lowest BCUT2D eigenvalue weighted by Gasteiger charge is -2.27. The van der Waals surface area contributed by atoms with Gasteiger partial charge in [-0.2, -0.15) is 30.7 Å². The first-order chi connectivity index (χ1) is 9.79. The molecule has 2 nitrogen and oxygen atoms in total. The molecule has 1 unspecified atom stereocenters. The first-order valence-corrected chi connectivity index (χ1v) is 6.20. The van der Waals surface area contributed by atoms with Crippen LogP contribution in [0.4, 0.5) is 35.1 Å². The molecule has 0 bridgehead atoms. The third-order valence-electron chi connectivity index (χ3n) is 2.89. The van der Waals surface area contributed by atoms with Gasteiger partial charge in [0.1, 0.15) is 0 Å². The average Bonchev–Trinajstić information content (AvgIpc) is 2.36. The fourth-order valence-electron chi connectivity index (χ4n) is 1.49. The lowest BCUT2D eigenvalue weighted by molar-refractivity contribution is -0.347. The predicted molar refractivity (Wildman–Crippen MR) is 60.4 cm³/mol. The largest absolute Gasteiger partial charge is 0.481 e. The normalized spacial score (nSPS) is 15.8. The van der Waals surface area contributed by atoms with Gasteiger partial charge >= 0.3 is 24.0 Å². The van der Waals surface area contributed by atoms with Crippen LogP contribution in [0.15, 0.2) is 11.9 Å². The van der Waals surface area contributed by atoms with Crippen LogP contribution in [-0.2, 0) is 4.79 Å². The summed E-state index contributed by atoms with van der Waals surface area (Å²) >= 11 is 0. The van der Waals surface area contributed by atoms with Crippen LogP contribution in [0.3, 0.4) is 0 Å². The summed E-state index contributed by atoms with van der Waals surface area (Å²) in [4.78, 5) is 10.8. The molecule has 0 aromatic heterocycles. The number of carboxylic acids is 1. The van der Waals surface area contributed by atoms with E-state index < -0.39 is 42.2 Å². The van der Waals surface area contributed by atoms with E-state index in [9.17, 15) is 39.9 Å². The van der Waals surface area contributed by atoms with Gasteiger partial charge in [-0.25, -0.2) is 4.39 Å². The summed E-state index contributed by atoms with van der Waals surface area (Å²) in [6.45, 7) is 1.69. The number of hydrogen-bond donors (Lipinski definition) is 1. The maximum Gasteiger partial charge on any atom is 0.460 e. The number of alkyl halides is 7. The van der Waals surface area contributed by atoms with Crippen molar-refractivity contribution in [2.75, 3.05) is 0 Å². The highest BCUT2D eigenvalue weighted by Crippen LogP contribution is 2.50. The van der Waals surface area contributed by atoms with Gasteiger partial charge in [-0.1, -0.05) is 19.8 Å². The van der Waals surface area contributed by atoms with Crippen molar-refractivity contribution in [2.45, 2.75) is 50.6 Å². The van der Waals surface area contributed by atoms with Crippen LogP contribution in [-0.4, -0.2) is 29.1 Å². The number of allylic oxidation sites excluding steroid dienone is 2. The number of aliphatic carboxylic acids is 1. The molecule has 1 atom stereocenters. The summed E-state index contributed by atoms with van der Waals surface area (Å²) < 4.78 is 99.7. The van der Waals surface area contributed by atoms with Crippen LogP contribution < -0.4 is 0 Å². The van der Waals surface area contributed by atoms with Gasteiger partial charge in [0.15, 0.2) is 5.83 Å². The topological polar surface area (TPSA) is 37.3 Å². The van der Waals surface area contributed by atoms with Gasteiger partial charge in [0.05, 0.1) is 5.92 Å². The van der Waals surface area contributed by atoms with Crippen LogP contribution in [0, 0.1) is 5.92 Å². The molecule has 0 amide bonds. The van der Waals surface area contributed by atoms with Crippen molar-refractivity contribution in [1.29, 1.82) is 0 Å². The predicted octanol–water partition coefficient (Wildman–Crippen LogP) is 4.95. The van der Waals surface area contributed by atoms with E-state index in [0.29, 0.717) is 12.8 Å². The second-order valence-electron chi connectivity index (χ2n) is 4.61. The van der Waals surface area contributed by atoms with E-state index in [0.717, 1.165) is 0 Å². The lowest BCUT2D eigenvalue weighted by atomic mass is 9.97. The molecule has 0 aliphatic heterocycles. The van der Waals surface area contributed by atoms with Crippen molar-refractivity contribution in [3.05, 3.63) is 11.9 Å². The Morgan fingerprint density at radius 1 is 1.14 bits per heavy atom. The maximum absolute atomic E-state index is 13.1. The molecule has 0 saturated carbocycles. The zero-order valence-electron chi connectivity index (χ0n) is 11.4. The Morgan fingerprint density at radius 2 is 1.64 bits per heavy atom. The van der Waals surface area contributed by atoms with Crippen LogP contribution >= 0.6 is 0 Å². The van der Waals surface area contributed by atoms with Crippen molar-refractivity contribution in [2.24, 2.45) is 5.92 Å². The number of unbranched alkanes of at least 4 members (excludes halogenated alkanes) is 1. The van der Waals surface area contributed by atoms with E-state index in [-0.39, 0.29) is 12.5 Å². The van der Waals surface area contributed by atoms with Crippen LogP contribution in [0.5, 0.6) is 0 Å². The summed E-state index contributed by atoms with van der Waals surface area (Å²) in [5.41, 5.74) is 0. The molecule has 0 fully saturated rings. The van der Waals surface area contributed by atoms with Gasteiger partial charge < -0.3 is 5.11 Å². The fourth-order valence-corrected chi connectivity index (χ4v) is 1.49. The Hall–Kier alpha value is -1.35. The molecule has 22 heavy (non-hydrogen) atoms. The molecular weight excluding hydrogens is 328 g/mol. The van der Waals surface area contributed by atoms with Crippen LogP contribution in [0.25, 0.3) is 0 Å². The van der Waals surface area contributed by atoms with E-state index in [1.807, 2.05) is 0 Å². The first kappa shape index (κ1) is 20.6. The van der Waals surface area contributed by atoms with Gasteiger partial charge in [0.2, 0.25) is 0 Å². The van der Waals surface area contributed by atoms with Gasteiger partial charge in [-0.15, -0.1) is 0 Å². The van der Waals surface area contributed by atoms with Gasteiger partial charge in [0, 0.05) is 0 Å². The highest BCUT2D eigenvalue weighted by Gasteiger charge is 2.74. The van der Waals surface area contributed by atoms with Crippen molar-refractivity contribution >= 4 is 5.97 Å². The first-order valence-electron chi connectivity index (χ1n) is 6.20. The molecular formula is C12H14F8O2. The molecule has 0 aromatic carbocycles. The minimum atomic E-state index is -6.64. The summed E-state index contributed by atoms with van der Waals surface area (Å²) in [6.07, 6.45) is -6.94. The molecule has 0 heterocycles. The minimum Gasteiger partial charge on any atom is -0.481 e. The Balaban J connectivity index is 5.21. The molecule has 130 valence electrons. The number of hydrogen-bond acceptors (Lipinski definition) is 1. The summed E-state index contributed by atoms with van der Waals surface area (Å²) in [5.74, 6) is -18.5. The maximum atomic E-state index is 13.1. The Kier molecular flexibility index (Phi) is 6.83. The van der Waals surface area contributed by atoms with Gasteiger partial charge in [0.25, 0.3) is 0 Å². The number of rotatable bonds is 8. The second kappa shape index (κ2) is 7.28. The third-order valence-corrected chi connectivity index (χ3v) is 2.89. The highest BCUT2D eigenvalue weighted by atomic mass is 19.4. The minimum absolute atomic E-state index is 0.0448. The summed E-state index contributed by atoms with van der Waals surface area (Å²) in [5, 5.41) is 8.74. The standard InChI is InChI=1S/C12H14F8O2/c1-2-3-4-7(9(21)22)5-6-8(13)10(14,15)11(16,17)12(18,19)20/h6-7H,2-5H2,1H3,(H,21,22). The van der Waals surface area contributed by atoms with Gasteiger partial charge in [-0.05, 0) is 18.9 Å². The van der Waals surface area contributed by atoms with Crippen LogP contribution in [0.1, 0.15) is 32.6 Å². The van der Waals surface area contributed by atoms with Crippen LogP contribution in [0.2, 0.25) is 0 Å². The molecule has 0 spiro atoms. The Morgan fingerprint density at radius 3 is 2.00 bits per heavy atom. The zero-order chi connectivity index (χ0) is 17.8. The number of halogens is 8. The molecule has 10 heteroatoms. The SMILES string of the molecule is CCCCC(CC=C(F)C(F)(F)C(F)(F)C(F)(F)F)C(=O)O. The molecule has 0 aromatic rings. The molecule has 0 saturated heterocycles. The van der Waals surface area contributed by atoms with Crippen molar-refractivity contribution < 1.29 is 45.0 Å². The Labute approximate surface area is 120 Å². The van der Waals surface area contributed by atoms with Crippen molar-refractivity contribution in [3.63, 3.8) is 0 Å². The summed E-state index contributed by atoms with van der Waals surface area (Å²) in [6, 6.07) is 0. The lowest BCUT2D eigenvalue weighted by Crippen LogP contribution is -2.52. The summed E-state index contributed by atoms with van der Waals surface area (Å²) in [7, 11) is 0. The molecule has 0 aliphatic carbocycles. The molecule has 1 N–H and O–H groups in total. The van der Waals surface area contributed by atoms with Gasteiger partial charge in [-0.3, -0.25) is 4.79 Å². The molecule has 0 aliphatic rings. The van der Waals surface area contributed by atoms with E-state index in [2.05, 4.69) is 0 Å². The van der Waals surface area contributed by atoms with E-state index in [1.165, 1.54) is 0 Å². The van der Waals surface area contributed by atoms with Crippen molar-refractivity contribution in [3.8, 4) is 0 Å². The number of carbonyl (C=O) groups is 1. The average molecular weight is 342 g/mol. The van der Waals surface area contributed by atoms with Crippen molar-refractivity contribution in [1.82, 2.24) is 0 Å². The smallest absolute Gasteiger partial charge is 0.460 e. The Bertz CT molecular complexity index is 414. The molecule has 0 radical (unpaired) electrons. The fraction of sp³-hybridized carbons (Fsp3) is 0.750. The highest BCUT2D eigenvalue weighted by molar-refractivity contribution is 5.70. The molecule has 0 rings (SSSR count). The zero-order valence-corrected chi connectivity index (χ0v) is 11.4. The van der Waals surface area contributed by atoms with E-state index in [4.69, 9.17) is 5.11 Å².